The predicted molar refractivity (Wildman–Crippen MR) is 85.2 cm³/mol. The predicted octanol–water partition coefficient (Wildman–Crippen LogP) is 0.712. The van der Waals surface area contributed by atoms with Gasteiger partial charge in [0.25, 0.3) is 0 Å². The average molecular weight is 323 g/mol. The van der Waals surface area contributed by atoms with Gasteiger partial charge in [-0.15, -0.1) is 0 Å². The van der Waals surface area contributed by atoms with Gasteiger partial charge < -0.3 is 5.11 Å². The summed E-state index contributed by atoms with van der Waals surface area (Å²) in [6, 6.07) is 0.770. The molecular weight excluding hydrogens is 298 g/mol. The zero-order valence-corrected chi connectivity index (χ0v) is 13.4. The van der Waals surface area contributed by atoms with Crippen molar-refractivity contribution in [3.63, 3.8) is 0 Å². The lowest BCUT2D eigenvalue weighted by Crippen LogP contribution is -2.51. The number of β-amino-alcohol motifs (C(OH)–C–C–N with tert-alkyl or cyclic N) is 1. The molecule has 1 aromatic heterocycles. The van der Waals surface area contributed by atoms with Crippen molar-refractivity contribution in [1.29, 1.82) is 0 Å². The number of rotatable bonds is 6. The molecule has 1 aliphatic heterocycles. The van der Waals surface area contributed by atoms with Crippen LogP contribution in [0.15, 0.2) is 12.4 Å². The van der Waals surface area contributed by atoms with E-state index in [1.807, 2.05) is 0 Å². The molecule has 1 aromatic rings. The van der Waals surface area contributed by atoms with Gasteiger partial charge in [0, 0.05) is 38.8 Å². The smallest absolute Gasteiger partial charge is 0.306 e. The first-order valence-corrected chi connectivity index (χ1v) is 8.43. The zero-order valence-electron chi connectivity index (χ0n) is 13.4. The Balaban J connectivity index is 1.41. The van der Waals surface area contributed by atoms with E-state index in [0.717, 1.165) is 32.2 Å². The highest BCUT2D eigenvalue weighted by atomic mass is 16.6. The maximum absolute atomic E-state index is 10.6. The van der Waals surface area contributed by atoms with Crippen LogP contribution in [0.4, 0.5) is 5.69 Å². The van der Waals surface area contributed by atoms with Gasteiger partial charge in [0.05, 0.1) is 17.6 Å². The Labute approximate surface area is 135 Å². The molecule has 0 amide bonds. The van der Waals surface area contributed by atoms with E-state index >= 15 is 0 Å². The Bertz CT molecular complexity index is 521. The van der Waals surface area contributed by atoms with Crippen molar-refractivity contribution < 1.29 is 10.0 Å². The molecule has 0 spiro atoms. The minimum Gasteiger partial charge on any atom is -0.390 e. The number of nitro groups is 1. The molecule has 0 aromatic carbocycles. The maximum Gasteiger partial charge on any atom is 0.306 e. The molecule has 0 bridgehead atoms. The van der Waals surface area contributed by atoms with Gasteiger partial charge in [-0.25, -0.2) is 0 Å². The largest absolute Gasteiger partial charge is 0.390 e. The van der Waals surface area contributed by atoms with Gasteiger partial charge in [-0.05, 0) is 12.8 Å². The fourth-order valence-electron chi connectivity index (χ4n) is 3.70. The lowest BCUT2D eigenvalue weighted by molar-refractivity contribution is -0.385. The normalized spacial score (nSPS) is 22.5. The Morgan fingerprint density at radius 3 is 2.57 bits per heavy atom. The number of aliphatic hydroxyl groups excluding tert-OH is 1. The number of hydrogen-bond acceptors (Lipinski definition) is 6. The molecule has 1 saturated carbocycles. The van der Waals surface area contributed by atoms with E-state index in [0.29, 0.717) is 6.54 Å². The first-order chi connectivity index (χ1) is 11.1. The molecule has 23 heavy (non-hydrogen) atoms. The van der Waals surface area contributed by atoms with Gasteiger partial charge in [-0.1, -0.05) is 12.8 Å². The maximum atomic E-state index is 10.6. The topological polar surface area (TPSA) is 87.7 Å². The van der Waals surface area contributed by atoms with Crippen LogP contribution in [0.2, 0.25) is 0 Å². The molecule has 2 fully saturated rings. The van der Waals surface area contributed by atoms with Crippen molar-refractivity contribution in [2.24, 2.45) is 0 Å². The molecule has 3 rings (SSSR count). The molecule has 1 atom stereocenters. The molecule has 0 radical (unpaired) electrons. The number of hydrogen-bond donors (Lipinski definition) is 1. The standard InChI is InChI=1S/C15H25N5O3/c21-15(12-19-10-14(9-16-19)20(22)23)11-17-5-7-18(8-6-17)13-3-1-2-4-13/h9-10,13,15,21H,1-8,11-12H2. The summed E-state index contributed by atoms with van der Waals surface area (Å²) in [6.45, 7) is 4.98. The fourth-order valence-corrected chi connectivity index (χ4v) is 3.70. The molecule has 2 heterocycles. The van der Waals surface area contributed by atoms with E-state index in [-0.39, 0.29) is 12.2 Å². The van der Waals surface area contributed by atoms with Crippen LogP contribution in [0.25, 0.3) is 0 Å². The second-order valence-electron chi connectivity index (χ2n) is 6.61. The van der Waals surface area contributed by atoms with Gasteiger partial charge in [-0.3, -0.25) is 24.6 Å². The summed E-state index contributed by atoms with van der Waals surface area (Å²) >= 11 is 0. The average Bonchev–Trinajstić information content (AvgIpc) is 3.19. The summed E-state index contributed by atoms with van der Waals surface area (Å²) in [4.78, 5) is 15.0. The summed E-state index contributed by atoms with van der Waals surface area (Å²) in [7, 11) is 0. The minimum absolute atomic E-state index is 0.0395. The second kappa shape index (κ2) is 7.37. The van der Waals surface area contributed by atoms with E-state index in [4.69, 9.17) is 0 Å². The third-order valence-corrected chi connectivity index (χ3v) is 4.95. The lowest BCUT2D eigenvalue weighted by Gasteiger charge is -2.38. The van der Waals surface area contributed by atoms with E-state index < -0.39 is 11.0 Å². The quantitative estimate of drug-likeness (QED) is 0.613. The van der Waals surface area contributed by atoms with Gasteiger partial charge >= 0.3 is 5.69 Å². The van der Waals surface area contributed by atoms with Crippen molar-refractivity contribution in [3.05, 3.63) is 22.5 Å². The first kappa shape index (κ1) is 16.4. The molecule has 8 nitrogen and oxygen atoms in total. The highest BCUT2D eigenvalue weighted by Crippen LogP contribution is 2.24. The molecule has 8 heteroatoms. The van der Waals surface area contributed by atoms with Gasteiger partial charge in [-0.2, -0.15) is 5.10 Å². The SMILES string of the molecule is O=[N+]([O-])c1cnn(CC(O)CN2CCN(C3CCCC3)CC2)c1. The highest BCUT2D eigenvalue weighted by molar-refractivity contribution is 5.20. The lowest BCUT2D eigenvalue weighted by atomic mass is 10.1. The molecular formula is C15H25N5O3. The van der Waals surface area contributed by atoms with Gasteiger partial charge in [0.2, 0.25) is 0 Å². The van der Waals surface area contributed by atoms with Crippen LogP contribution in [-0.2, 0) is 6.54 Å². The second-order valence-corrected chi connectivity index (χ2v) is 6.61. The van der Waals surface area contributed by atoms with Crippen molar-refractivity contribution in [2.45, 2.75) is 44.4 Å². The molecule has 1 aliphatic carbocycles. The Morgan fingerprint density at radius 1 is 1.26 bits per heavy atom. The van der Waals surface area contributed by atoms with Crippen molar-refractivity contribution in [2.75, 3.05) is 32.7 Å². The molecule has 1 N–H and O–H groups in total. The van der Waals surface area contributed by atoms with Crippen LogP contribution in [0.5, 0.6) is 0 Å². The number of aliphatic hydroxyl groups is 1. The molecule has 1 unspecified atom stereocenters. The first-order valence-electron chi connectivity index (χ1n) is 8.43. The van der Waals surface area contributed by atoms with Gasteiger partial charge in [0.1, 0.15) is 12.4 Å². The fraction of sp³-hybridized carbons (Fsp3) is 0.800. The number of aromatic nitrogens is 2. The van der Waals surface area contributed by atoms with Crippen LogP contribution in [0, 0.1) is 10.1 Å². The third-order valence-electron chi connectivity index (χ3n) is 4.95. The Hall–Kier alpha value is -1.51. The van der Waals surface area contributed by atoms with E-state index in [2.05, 4.69) is 14.9 Å². The Morgan fingerprint density at radius 2 is 1.96 bits per heavy atom. The summed E-state index contributed by atoms with van der Waals surface area (Å²) in [5.41, 5.74) is -0.0395. The van der Waals surface area contributed by atoms with Gasteiger partial charge in [0.15, 0.2) is 0 Å². The van der Waals surface area contributed by atoms with Crippen molar-refractivity contribution >= 4 is 5.69 Å². The van der Waals surface area contributed by atoms with Crippen LogP contribution < -0.4 is 0 Å². The van der Waals surface area contributed by atoms with Crippen molar-refractivity contribution in [1.82, 2.24) is 19.6 Å². The summed E-state index contributed by atoms with van der Waals surface area (Å²) in [5, 5.41) is 24.8. The van der Waals surface area contributed by atoms with Crippen LogP contribution in [-0.4, -0.2) is 74.5 Å². The van der Waals surface area contributed by atoms with Crippen LogP contribution in [0.1, 0.15) is 25.7 Å². The van der Waals surface area contributed by atoms with E-state index in [1.165, 1.54) is 42.8 Å². The van der Waals surface area contributed by atoms with Crippen molar-refractivity contribution in [3.8, 4) is 0 Å². The third kappa shape index (κ3) is 4.27. The highest BCUT2D eigenvalue weighted by Gasteiger charge is 2.26. The summed E-state index contributed by atoms with van der Waals surface area (Å²) in [5.74, 6) is 0. The number of nitrogens with zero attached hydrogens (tertiary/aromatic N) is 5. The zero-order chi connectivity index (χ0) is 16.2. The monoisotopic (exact) mass is 323 g/mol. The van der Waals surface area contributed by atoms with Crippen LogP contribution >= 0.6 is 0 Å². The van der Waals surface area contributed by atoms with E-state index in [1.54, 1.807) is 0 Å². The summed E-state index contributed by atoms with van der Waals surface area (Å²) in [6.07, 6.45) is 7.40. The Kier molecular flexibility index (Phi) is 5.24. The molecule has 128 valence electrons. The summed E-state index contributed by atoms with van der Waals surface area (Å²) < 4.78 is 1.44. The van der Waals surface area contributed by atoms with Crippen LogP contribution in [0.3, 0.4) is 0 Å². The number of piperazine rings is 1. The van der Waals surface area contributed by atoms with E-state index in [9.17, 15) is 15.2 Å². The molecule has 2 aliphatic rings. The molecule has 1 saturated heterocycles. The minimum atomic E-state index is -0.562.